The van der Waals surface area contributed by atoms with Gasteiger partial charge in [0.25, 0.3) is 0 Å². The molecule has 0 spiro atoms. The lowest BCUT2D eigenvalue weighted by Crippen LogP contribution is -2.23. The Hall–Kier alpha value is -0.540. The van der Waals surface area contributed by atoms with Crippen molar-refractivity contribution in [1.82, 2.24) is 0 Å². The Morgan fingerprint density at radius 2 is 2.19 bits per heavy atom. The standard InChI is InChI=1S/C18H26BrNO/c1-2-16(20)10-14-4-3-5-17(19)18(14)21-11-15-9-12-6-7-13(15)8-12/h3-5,12-13,15-16H,2,6-11,20H2,1H3. The van der Waals surface area contributed by atoms with Gasteiger partial charge in [0.15, 0.2) is 0 Å². The van der Waals surface area contributed by atoms with Gasteiger partial charge in [-0.1, -0.05) is 25.5 Å². The average Bonchev–Trinajstić information content (AvgIpc) is 3.09. The summed E-state index contributed by atoms with van der Waals surface area (Å²) in [6.07, 6.45) is 7.58. The SMILES string of the molecule is CCC(N)Cc1cccc(Br)c1OCC1CC2CCC1C2. The van der Waals surface area contributed by atoms with Crippen molar-refractivity contribution in [2.75, 3.05) is 6.61 Å². The van der Waals surface area contributed by atoms with Crippen LogP contribution in [0.25, 0.3) is 0 Å². The molecule has 4 unspecified atom stereocenters. The van der Waals surface area contributed by atoms with E-state index in [9.17, 15) is 0 Å². The highest BCUT2D eigenvalue weighted by molar-refractivity contribution is 9.10. The van der Waals surface area contributed by atoms with Gasteiger partial charge in [-0.25, -0.2) is 0 Å². The molecular weight excluding hydrogens is 326 g/mol. The molecule has 2 saturated carbocycles. The van der Waals surface area contributed by atoms with E-state index in [4.69, 9.17) is 10.5 Å². The maximum Gasteiger partial charge on any atom is 0.136 e. The topological polar surface area (TPSA) is 35.2 Å². The van der Waals surface area contributed by atoms with Gasteiger partial charge in [0.1, 0.15) is 5.75 Å². The van der Waals surface area contributed by atoms with Crippen LogP contribution in [0.3, 0.4) is 0 Å². The van der Waals surface area contributed by atoms with Gasteiger partial charge in [-0.15, -0.1) is 0 Å². The predicted molar refractivity (Wildman–Crippen MR) is 90.5 cm³/mol. The zero-order valence-electron chi connectivity index (χ0n) is 12.9. The summed E-state index contributed by atoms with van der Waals surface area (Å²) in [5, 5.41) is 0. The van der Waals surface area contributed by atoms with Crippen LogP contribution < -0.4 is 10.5 Å². The van der Waals surface area contributed by atoms with E-state index in [-0.39, 0.29) is 6.04 Å². The average molecular weight is 352 g/mol. The van der Waals surface area contributed by atoms with Gasteiger partial charge in [-0.2, -0.15) is 0 Å². The Balaban J connectivity index is 1.66. The first-order valence-corrected chi connectivity index (χ1v) is 9.12. The van der Waals surface area contributed by atoms with E-state index in [1.54, 1.807) is 0 Å². The van der Waals surface area contributed by atoms with Crippen molar-refractivity contribution in [3.8, 4) is 5.75 Å². The monoisotopic (exact) mass is 351 g/mol. The van der Waals surface area contributed by atoms with Crippen LogP contribution in [0.5, 0.6) is 5.75 Å². The minimum Gasteiger partial charge on any atom is -0.492 e. The second kappa shape index (κ2) is 6.70. The van der Waals surface area contributed by atoms with E-state index in [1.807, 2.05) is 0 Å². The fraction of sp³-hybridized carbons (Fsp3) is 0.667. The Morgan fingerprint density at radius 3 is 2.86 bits per heavy atom. The summed E-state index contributed by atoms with van der Waals surface area (Å²) < 4.78 is 7.31. The van der Waals surface area contributed by atoms with Gasteiger partial charge in [0.2, 0.25) is 0 Å². The predicted octanol–water partition coefficient (Wildman–Crippen LogP) is 4.54. The van der Waals surface area contributed by atoms with Crippen molar-refractivity contribution in [2.45, 2.75) is 51.5 Å². The highest BCUT2D eigenvalue weighted by atomic mass is 79.9. The van der Waals surface area contributed by atoms with Crippen molar-refractivity contribution in [2.24, 2.45) is 23.5 Å². The number of nitrogens with two attached hydrogens (primary N) is 1. The van der Waals surface area contributed by atoms with Crippen molar-refractivity contribution < 1.29 is 4.74 Å². The summed E-state index contributed by atoms with van der Waals surface area (Å²) in [5.74, 6) is 3.68. The van der Waals surface area contributed by atoms with Gasteiger partial charge in [-0.05, 0) is 77.4 Å². The summed E-state index contributed by atoms with van der Waals surface area (Å²) in [7, 11) is 0. The van der Waals surface area contributed by atoms with Crippen LogP contribution in [0.1, 0.15) is 44.6 Å². The Kier molecular flexibility index (Phi) is 4.90. The van der Waals surface area contributed by atoms with E-state index < -0.39 is 0 Å². The molecule has 2 aliphatic rings. The number of rotatable bonds is 6. The number of ether oxygens (including phenoxy) is 1. The highest BCUT2D eigenvalue weighted by Crippen LogP contribution is 2.48. The molecule has 116 valence electrons. The van der Waals surface area contributed by atoms with Gasteiger partial charge in [-0.3, -0.25) is 0 Å². The molecule has 21 heavy (non-hydrogen) atoms. The molecule has 0 aromatic heterocycles. The molecule has 1 aromatic rings. The van der Waals surface area contributed by atoms with Gasteiger partial charge < -0.3 is 10.5 Å². The van der Waals surface area contributed by atoms with Crippen LogP contribution >= 0.6 is 15.9 Å². The lowest BCUT2D eigenvalue weighted by Gasteiger charge is -2.23. The highest BCUT2D eigenvalue weighted by Gasteiger charge is 2.39. The normalized spacial score (nSPS) is 28.8. The van der Waals surface area contributed by atoms with Crippen LogP contribution in [-0.4, -0.2) is 12.6 Å². The van der Waals surface area contributed by atoms with Crippen LogP contribution in [0.15, 0.2) is 22.7 Å². The molecule has 0 amide bonds. The molecule has 1 aromatic carbocycles. The van der Waals surface area contributed by atoms with Crippen LogP contribution in [0, 0.1) is 17.8 Å². The molecule has 4 atom stereocenters. The summed E-state index contributed by atoms with van der Waals surface area (Å²) >= 11 is 3.64. The van der Waals surface area contributed by atoms with Crippen LogP contribution in [0.2, 0.25) is 0 Å². The largest absolute Gasteiger partial charge is 0.492 e. The maximum absolute atomic E-state index is 6.25. The maximum atomic E-state index is 6.25. The first kappa shape index (κ1) is 15.4. The molecule has 2 fully saturated rings. The van der Waals surface area contributed by atoms with E-state index in [1.165, 1.54) is 31.2 Å². The van der Waals surface area contributed by atoms with Crippen molar-refractivity contribution >= 4 is 15.9 Å². The Morgan fingerprint density at radius 1 is 1.33 bits per heavy atom. The third kappa shape index (κ3) is 3.45. The molecule has 2 N–H and O–H groups in total. The third-order valence-corrected chi connectivity index (χ3v) is 6.01. The number of hydrogen-bond acceptors (Lipinski definition) is 2. The van der Waals surface area contributed by atoms with E-state index >= 15 is 0 Å². The molecule has 2 nitrogen and oxygen atoms in total. The number of para-hydroxylation sites is 1. The minimum atomic E-state index is 0.212. The minimum absolute atomic E-state index is 0.212. The lowest BCUT2D eigenvalue weighted by atomic mass is 9.89. The first-order chi connectivity index (χ1) is 10.2. The summed E-state index contributed by atoms with van der Waals surface area (Å²) in [6, 6.07) is 6.50. The Bertz CT molecular complexity index is 490. The second-order valence-corrected chi connectivity index (χ2v) is 7.70. The zero-order chi connectivity index (χ0) is 14.8. The summed E-state index contributed by atoms with van der Waals surface area (Å²) in [4.78, 5) is 0. The molecule has 3 heteroatoms. The lowest BCUT2D eigenvalue weighted by molar-refractivity contribution is 0.193. The smallest absolute Gasteiger partial charge is 0.136 e. The van der Waals surface area contributed by atoms with Crippen molar-refractivity contribution in [3.63, 3.8) is 0 Å². The number of fused-ring (bicyclic) bond motifs is 2. The van der Waals surface area contributed by atoms with Gasteiger partial charge >= 0.3 is 0 Å². The van der Waals surface area contributed by atoms with Crippen molar-refractivity contribution in [1.29, 1.82) is 0 Å². The molecule has 3 rings (SSSR count). The fourth-order valence-electron chi connectivity index (χ4n) is 4.07. The summed E-state index contributed by atoms with van der Waals surface area (Å²) in [6.45, 7) is 3.01. The van der Waals surface area contributed by atoms with Gasteiger partial charge in [0.05, 0.1) is 11.1 Å². The number of halogens is 1. The second-order valence-electron chi connectivity index (χ2n) is 6.85. The molecule has 2 bridgehead atoms. The molecule has 0 heterocycles. The molecule has 0 aliphatic heterocycles. The molecule has 0 saturated heterocycles. The quantitative estimate of drug-likeness (QED) is 0.816. The van der Waals surface area contributed by atoms with Crippen LogP contribution in [-0.2, 0) is 6.42 Å². The van der Waals surface area contributed by atoms with E-state index in [2.05, 4.69) is 41.1 Å². The molecule has 0 radical (unpaired) electrons. The van der Waals surface area contributed by atoms with E-state index in [0.717, 1.165) is 47.4 Å². The number of hydrogen-bond donors (Lipinski definition) is 1. The third-order valence-electron chi connectivity index (χ3n) is 5.38. The molecular formula is C18H26BrNO. The Labute approximate surface area is 136 Å². The molecule has 2 aliphatic carbocycles. The first-order valence-electron chi connectivity index (χ1n) is 8.33. The van der Waals surface area contributed by atoms with Crippen LogP contribution in [0.4, 0.5) is 0 Å². The van der Waals surface area contributed by atoms with E-state index in [0.29, 0.717) is 0 Å². The van der Waals surface area contributed by atoms with Gasteiger partial charge in [0, 0.05) is 6.04 Å². The zero-order valence-corrected chi connectivity index (χ0v) is 14.4. The summed E-state index contributed by atoms with van der Waals surface area (Å²) in [5.41, 5.74) is 7.36. The number of benzene rings is 1. The van der Waals surface area contributed by atoms with Crippen molar-refractivity contribution in [3.05, 3.63) is 28.2 Å². The fourth-order valence-corrected chi connectivity index (χ4v) is 4.60.